The second-order valence-electron chi connectivity index (χ2n) is 3.11. The highest BCUT2D eigenvalue weighted by Crippen LogP contribution is 2.26. The van der Waals surface area contributed by atoms with Crippen LogP contribution in [0.4, 0.5) is 0 Å². The van der Waals surface area contributed by atoms with Gasteiger partial charge in [-0.25, -0.2) is 4.98 Å². The van der Waals surface area contributed by atoms with Crippen LogP contribution >= 0.6 is 15.9 Å². The van der Waals surface area contributed by atoms with Gasteiger partial charge in [0, 0.05) is 27.8 Å². The van der Waals surface area contributed by atoms with E-state index in [1.807, 2.05) is 12.3 Å². The molecular formula is C9H6BrN5. The van der Waals surface area contributed by atoms with Crippen LogP contribution in [0.2, 0.25) is 0 Å². The lowest BCUT2D eigenvalue weighted by Crippen LogP contribution is -1.76. The summed E-state index contributed by atoms with van der Waals surface area (Å²) in [6, 6.07) is 1.98. The van der Waals surface area contributed by atoms with E-state index in [1.165, 1.54) is 0 Å². The second kappa shape index (κ2) is 3.16. The SMILES string of the molecule is Brc1cnc2n[nH]c(-c3cn[nH]c3)c2c1. The summed E-state index contributed by atoms with van der Waals surface area (Å²) < 4.78 is 0.932. The monoisotopic (exact) mass is 263 g/mol. The highest BCUT2D eigenvalue weighted by atomic mass is 79.9. The predicted octanol–water partition coefficient (Wildman–Crippen LogP) is 2.11. The lowest BCUT2D eigenvalue weighted by atomic mass is 10.2. The molecular weight excluding hydrogens is 258 g/mol. The van der Waals surface area contributed by atoms with Crippen molar-refractivity contribution in [2.45, 2.75) is 0 Å². The summed E-state index contributed by atoms with van der Waals surface area (Å²) in [4.78, 5) is 4.19. The summed E-state index contributed by atoms with van der Waals surface area (Å²) in [5.74, 6) is 0. The van der Waals surface area contributed by atoms with Gasteiger partial charge in [-0.05, 0) is 22.0 Å². The van der Waals surface area contributed by atoms with Gasteiger partial charge in [0.1, 0.15) is 0 Å². The minimum Gasteiger partial charge on any atom is -0.285 e. The van der Waals surface area contributed by atoms with E-state index >= 15 is 0 Å². The Balaban J connectivity index is 2.32. The number of aromatic nitrogens is 5. The quantitative estimate of drug-likeness (QED) is 0.707. The van der Waals surface area contributed by atoms with Crippen molar-refractivity contribution in [3.8, 4) is 11.3 Å². The Bertz CT molecular complexity index is 598. The molecule has 15 heavy (non-hydrogen) atoms. The van der Waals surface area contributed by atoms with Crippen LogP contribution in [0.1, 0.15) is 0 Å². The number of pyridine rings is 1. The Kier molecular flexibility index (Phi) is 1.81. The van der Waals surface area contributed by atoms with E-state index in [1.54, 1.807) is 12.4 Å². The van der Waals surface area contributed by atoms with Crippen molar-refractivity contribution in [1.29, 1.82) is 0 Å². The molecule has 0 atom stereocenters. The van der Waals surface area contributed by atoms with Gasteiger partial charge in [-0.1, -0.05) is 0 Å². The smallest absolute Gasteiger partial charge is 0.181 e. The molecule has 3 aromatic heterocycles. The molecule has 3 aromatic rings. The summed E-state index contributed by atoms with van der Waals surface area (Å²) in [5, 5.41) is 14.7. The largest absolute Gasteiger partial charge is 0.285 e. The summed E-state index contributed by atoms with van der Waals surface area (Å²) >= 11 is 3.39. The van der Waals surface area contributed by atoms with Gasteiger partial charge >= 0.3 is 0 Å². The van der Waals surface area contributed by atoms with E-state index in [4.69, 9.17) is 0 Å². The molecule has 6 heteroatoms. The third kappa shape index (κ3) is 1.33. The van der Waals surface area contributed by atoms with Crippen molar-refractivity contribution in [3.05, 3.63) is 29.1 Å². The van der Waals surface area contributed by atoms with E-state index in [0.717, 1.165) is 21.1 Å². The Morgan fingerprint density at radius 3 is 3.00 bits per heavy atom. The number of halogens is 1. The van der Waals surface area contributed by atoms with Crippen LogP contribution in [0.25, 0.3) is 22.3 Å². The minimum absolute atomic E-state index is 0.703. The van der Waals surface area contributed by atoms with Crippen LogP contribution in [-0.4, -0.2) is 25.4 Å². The first-order chi connectivity index (χ1) is 7.34. The fourth-order valence-corrected chi connectivity index (χ4v) is 1.81. The Morgan fingerprint density at radius 1 is 1.27 bits per heavy atom. The first-order valence-electron chi connectivity index (χ1n) is 4.33. The Hall–Kier alpha value is -1.69. The van der Waals surface area contributed by atoms with Gasteiger partial charge in [0.2, 0.25) is 0 Å². The number of hydrogen-bond donors (Lipinski definition) is 2. The topological polar surface area (TPSA) is 70.2 Å². The average molecular weight is 264 g/mol. The molecule has 0 bridgehead atoms. The van der Waals surface area contributed by atoms with Crippen LogP contribution < -0.4 is 0 Å². The number of nitrogens with one attached hydrogen (secondary N) is 2. The molecule has 3 heterocycles. The van der Waals surface area contributed by atoms with Crippen molar-refractivity contribution < 1.29 is 0 Å². The van der Waals surface area contributed by atoms with Crippen molar-refractivity contribution in [2.24, 2.45) is 0 Å². The van der Waals surface area contributed by atoms with Gasteiger partial charge in [0.15, 0.2) is 5.65 Å². The molecule has 0 aromatic carbocycles. The lowest BCUT2D eigenvalue weighted by Gasteiger charge is -1.93. The van der Waals surface area contributed by atoms with Crippen LogP contribution in [0.5, 0.6) is 0 Å². The molecule has 0 aliphatic heterocycles. The summed E-state index contributed by atoms with van der Waals surface area (Å²) in [6.45, 7) is 0. The minimum atomic E-state index is 0.703. The maximum atomic E-state index is 4.19. The summed E-state index contributed by atoms with van der Waals surface area (Å²) in [5.41, 5.74) is 2.60. The fraction of sp³-hybridized carbons (Fsp3) is 0. The molecule has 0 unspecified atom stereocenters. The summed E-state index contributed by atoms with van der Waals surface area (Å²) in [7, 11) is 0. The Labute approximate surface area is 93.1 Å². The zero-order valence-corrected chi connectivity index (χ0v) is 9.12. The van der Waals surface area contributed by atoms with E-state index in [0.29, 0.717) is 5.65 Å². The molecule has 0 spiro atoms. The third-order valence-electron chi connectivity index (χ3n) is 2.16. The molecule has 0 aliphatic carbocycles. The zero-order valence-electron chi connectivity index (χ0n) is 7.53. The van der Waals surface area contributed by atoms with Crippen LogP contribution in [-0.2, 0) is 0 Å². The second-order valence-corrected chi connectivity index (χ2v) is 4.03. The van der Waals surface area contributed by atoms with Gasteiger partial charge in [-0.15, -0.1) is 0 Å². The number of fused-ring (bicyclic) bond motifs is 1. The average Bonchev–Trinajstić information content (AvgIpc) is 2.83. The van der Waals surface area contributed by atoms with E-state index < -0.39 is 0 Å². The van der Waals surface area contributed by atoms with Crippen molar-refractivity contribution in [1.82, 2.24) is 25.4 Å². The molecule has 0 aliphatic rings. The molecule has 3 rings (SSSR count). The van der Waals surface area contributed by atoms with Crippen LogP contribution in [0, 0.1) is 0 Å². The highest BCUT2D eigenvalue weighted by Gasteiger charge is 2.09. The van der Waals surface area contributed by atoms with Crippen molar-refractivity contribution in [3.63, 3.8) is 0 Å². The number of rotatable bonds is 1. The number of nitrogens with zero attached hydrogens (tertiary/aromatic N) is 3. The molecule has 74 valence electrons. The van der Waals surface area contributed by atoms with Crippen molar-refractivity contribution >= 4 is 27.0 Å². The molecule has 0 saturated heterocycles. The molecule has 0 fully saturated rings. The van der Waals surface area contributed by atoms with Gasteiger partial charge < -0.3 is 0 Å². The van der Waals surface area contributed by atoms with Crippen LogP contribution in [0.3, 0.4) is 0 Å². The maximum absolute atomic E-state index is 4.19. The zero-order chi connectivity index (χ0) is 10.3. The number of H-pyrrole nitrogens is 2. The van der Waals surface area contributed by atoms with Crippen molar-refractivity contribution in [2.75, 3.05) is 0 Å². The Morgan fingerprint density at radius 2 is 2.20 bits per heavy atom. The van der Waals surface area contributed by atoms with E-state index in [-0.39, 0.29) is 0 Å². The normalized spacial score (nSPS) is 11.0. The molecule has 0 amide bonds. The van der Waals surface area contributed by atoms with Gasteiger partial charge in [-0.3, -0.25) is 10.2 Å². The fourth-order valence-electron chi connectivity index (χ4n) is 1.48. The predicted molar refractivity (Wildman–Crippen MR) is 59.2 cm³/mol. The standard InChI is InChI=1S/C9H6BrN5/c10-6-1-7-8(5-2-12-13-3-5)14-15-9(7)11-4-6/h1-4H,(H,12,13)(H,11,14,15). The first-order valence-corrected chi connectivity index (χ1v) is 5.12. The highest BCUT2D eigenvalue weighted by molar-refractivity contribution is 9.10. The van der Waals surface area contributed by atoms with E-state index in [9.17, 15) is 0 Å². The van der Waals surface area contributed by atoms with Crippen LogP contribution in [0.15, 0.2) is 29.1 Å². The maximum Gasteiger partial charge on any atom is 0.181 e. The first kappa shape index (κ1) is 8.60. The van der Waals surface area contributed by atoms with Gasteiger partial charge in [0.25, 0.3) is 0 Å². The number of aromatic amines is 2. The molecule has 0 radical (unpaired) electrons. The third-order valence-corrected chi connectivity index (χ3v) is 2.60. The van der Waals surface area contributed by atoms with Gasteiger partial charge in [-0.2, -0.15) is 10.2 Å². The molecule has 0 saturated carbocycles. The summed E-state index contributed by atoms with van der Waals surface area (Å²) in [6.07, 6.45) is 5.28. The number of hydrogen-bond acceptors (Lipinski definition) is 3. The molecule has 5 nitrogen and oxygen atoms in total. The van der Waals surface area contributed by atoms with Gasteiger partial charge in [0.05, 0.1) is 11.9 Å². The van der Waals surface area contributed by atoms with E-state index in [2.05, 4.69) is 41.3 Å². The lowest BCUT2D eigenvalue weighted by molar-refractivity contribution is 1.09. The molecule has 2 N–H and O–H groups in total.